The molecule has 1 N–H and O–H groups in total. The van der Waals surface area contributed by atoms with Gasteiger partial charge in [0.25, 0.3) is 5.91 Å². The second-order valence-corrected chi connectivity index (χ2v) is 6.61. The van der Waals surface area contributed by atoms with Gasteiger partial charge in [-0.15, -0.1) is 0 Å². The SMILES string of the molecule is CC1CCCC(C)N1/C=C(/C#N)C(=O)Nc1ccc(Br)cc1. The van der Waals surface area contributed by atoms with Crippen LogP contribution in [0.4, 0.5) is 5.69 Å². The summed E-state index contributed by atoms with van der Waals surface area (Å²) in [5, 5.41) is 12.1. The fraction of sp³-hybridized carbons (Fsp3) is 0.412. The van der Waals surface area contributed by atoms with E-state index in [2.05, 4.69) is 40.0 Å². The second-order valence-electron chi connectivity index (χ2n) is 5.69. The number of rotatable bonds is 3. The number of amides is 1. The van der Waals surface area contributed by atoms with Gasteiger partial charge in [0.05, 0.1) is 0 Å². The van der Waals surface area contributed by atoms with E-state index in [0.717, 1.165) is 17.3 Å². The smallest absolute Gasteiger partial charge is 0.267 e. The molecule has 1 aliphatic heterocycles. The van der Waals surface area contributed by atoms with Crippen LogP contribution in [0, 0.1) is 11.3 Å². The first kappa shape index (κ1) is 16.6. The summed E-state index contributed by atoms with van der Waals surface area (Å²) >= 11 is 3.35. The Labute approximate surface area is 139 Å². The van der Waals surface area contributed by atoms with Crippen molar-refractivity contribution in [2.75, 3.05) is 5.32 Å². The predicted octanol–water partition coefficient (Wildman–Crippen LogP) is 4.06. The Balaban J connectivity index is 2.13. The number of benzene rings is 1. The van der Waals surface area contributed by atoms with E-state index in [4.69, 9.17) is 0 Å². The average Bonchev–Trinajstić information content (AvgIpc) is 2.49. The zero-order valence-electron chi connectivity index (χ0n) is 12.8. The molecule has 0 aliphatic carbocycles. The molecule has 0 bridgehead atoms. The molecule has 2 atom stereocenters. The largest absolute Gasteiger partial charge is 0.371 e. The van der Waals surface area contributed by atoms with Crippen LogP contribution in [0.25, 0.3) is 0 Å². The lowest BCUT2D eigenvalue weighted by Crippen LogP contribution is -2.40. The maximum Gasteiger partial charge on any atom is 0.267 e. The molecule has 116 valence electrons. The maximum atomic E-state index is 12.3. The van der Waals surface area contributed by atoms with E-state index in [1.165, 1.54) is 6.42 Å². The number of likely N-dealkylation sites (tertiary alicyclic amines) is 1. The number of halogens is 1. The number of hydrogen-bond acceptors (Lipinski definition) is 3. The van der Waals surface area contributed by atoms with E-state index in [-0.39, 0.29) is 11.5 Å². The van der Waals surface area contributed by atoms with Crippen LogP contribution < -0.4 is 5.32 Å². The Morgan fingerprint density at radius 1 is 1.32 bits per heavy atom. The van der Waals surface area contributed by atoms with Crippen LogP contribution in [0.15, 0.2) is 40.5 Å². The van der Waals surface area contributed by atoms with Crippen molar-refractivity contribution in [3.05, 3.63) is 40.5 Å². The quantitative estimate of drug-likeness (QED) is 0.652. The third-order valence-electron chi connectivity index (χ3n) is 4.01. The van der Waals surface area contributed by atoms with Crippen LogP contribution in [0.2, 0.25) is 0 Å². The van der Waals surface area contributed by atoms with Gasteiger partial charge in [0.1, 0.15) is 11.6 Å². The van der Waals surface area contributed by atoms with Crippen molar-refractivity contribution in [3.8, 4) is 6.07 Å². The summed E-state index contributed by atoms with van der Waals surface area (Å²) in [6.45, 7) is 4.27. The van der Waals surface area contributed by atoms with Gasteiger partial charge in [0.15, 0.2) is 0 Å². The molecule has 1 aliphatic rings. The number of nitrogens with one attached hydrogen (secondary N) is 1. The van der Waals surface area contributed by atoms with Crippen molar-refractivity contribution in [2.24, 2.45) is 0 Å². The normalized spacial score (nSPS) is 22.1. The van der Waals surface area contributed by atoms with E-state index < -0.39 is 0 Å². The number of anilines is 1. The summed E-state index contributed by atoms with van der Waals surface area (Å²) in [7, 11) is 0. The van der Waals surface area contributed by atoms with E-state index in [1.54, 1.807) is 18.3 Å². The third kappa shape index (κ3) is 4.11. The van der Waals surface area contributed by atoms with Crippen LogP contribution in [0.3, 0.4) is 0 Å². The molecule has 0 radical (unpaired) electrons. The predicted molar refractivity (Wildman–Crippen MR) is 91.1 cm³/mol. The average molecular weight is 362 g/mol. The minimum absolute atomic E-state index is 0.142. The van der Waals surface area contributed by atoms with Gasteiger partial charge >= 0.3 is 0 Å². The summed E-state index contributed by atoms with van der Waals surface area (Å²) in [6.07, 6.45) is 5.09. The lowest BCUT2D eigenvalue weighted by Gasteiger charge is -2.38. The van der Waals surface area contributed by atoms with Crippen LogP contribution in [-0.4, -0.2) is 22.9 Å². The number of hydrogen-bond donors (Lipinski definition) is 1. The standard InChI is InChI=1S/C17H20BrN3O/c1-12-4-3-5-13(2)21(12)11-14(10-19)17(22)20-16-8-6-15(18)7-9-16/h6-9,11-13H,3-5H2,1-2H3,(H,20,22)/b14-11-. The number of carbonyl (C=O) groups excluding carboxylic acids is 1. The van der Waals surface area contributed by atoms with Gasteiger partial charge < -0.3 is 10.2 Å². The van der Waals surface area contributed by atoms with Crippen LogP contribution >= 0.6 is 15.9 Å². The minimum Gasteiger partial charge on any atom is -0.371 e. The Kier molecular flexibility index (Phi) is 5.62. The molecule has 0 saturated carbocycles. The molecule has 5 heteroatoms. The maximum absolute atomic E-state index is 12.3. The Bertz CT molecular complexity index is 593. The molecule has 1 amide bonds. The van der Waals surface area contributed by atoms with Crippen molar-refractivity contribution < 1.29 is 4.79 Å². The number of carbonyl (C=O) groups is 1. The van der Waals surface area contributed by atoms with Crippen molar-refractivity contribution in [1.29, 1.82) is 5.26 Å². The van der Waals surface area contributed by atoms with Crippen LogP contribution in [0.1, 0.15) is 33.1 Å². The zero-order valence-corrected chi connectivity index (χ0v) is 14.4. The highest BCUT2D eigenvalue weighted by Gasteiger charge is 2.23. The summed E-state index contributed by atoms with van der Waals surface area (Å²) in [5.74, 6) is -0.366. The number of piperidine rings is 1. The summed E-state index contributed by atoms with van der Waals surface area (Å²) in [6, 6.07) is 10.0. The first-order valence-corrected chi connectivity index (χ1v) is 8.27. The monoisotopic (exact) mass is 361 g/mol. The highest BCUT2D eigenvalue weighted by molar-refractivity contribution is 9.10. The highest BCUT2D eigenvalue weighted by atomic mass is 79.9. The molecule has 1 heterocycles. The lowest BCUT2D eigenvalue weighted by atomic mass is 9.98. The van der Waals surface area contributed by atoms with Gasteiger partial charge in [-0.25, -0.2) is 0 Å². The van der Waals surface area contributed by atoms with Gasteiger partial charge in [0.2, 0.25) is 0 Å². The molecular formula is C17H20BrN3O. The summed E-state index contributed by atoms with van der Waals surface area (Å²) in [4.78, 5) is 14.4. The minimum atomic E-state index is -0.366. The molecule has 1 aromatic carbocycles. The van der Waals surface area contributed by atoms with E-state index in [0.29, 0.717) is 17.8 Å². The number of nitriles is 1. The highest BCUT2D eigenvalue weighted by Crippen LogP contribution is 2.23. The summed E-state index contributed by atoms with van der Waals surface area (Å²) < 4.78 is 0.942. The van der Waals surface area contributed by atoms with E-state index in [1.807, 2.05) is 18.2 Å². The molecule has 22 heavy (non-hydrogen) atoms. The third-order valence-corrected chi connectivity index (χ3v) is 4.54. The van der Waals surface area contributed by atoms with Crippen LogP contribution in [-0.2, 0) is 4.79 Å². The van der Waals surface area contributed by atoms with E-state index >= 15 is 0 Å². The molecule has 1 fully saturated rings. The molecular weight excluding hydrogens is 342 g/mol. The molecule has 1 saturated heterocycles. The molecule has 4 nitrogen and oxygen atoms in total. The first-order chi connectivity index (χ1) is 10.5. The van der Waals surface area contributed by atoms with Crippen molar-refractivity contribution in [2.45, 2.75) is 45.2 Å². The fourth-order valence-corrected chi connectivity index (χ4v) is 2.98. The summed E-state index contributed by atoms with van der Waals surface area (Å²) in [5.41, 5.74) is 0.817. The van der Waals surface area contributed by atoms with Gasteiger partial charge in [0, 0.05) is 28.4 Å². The van der Waals surface area contributed by atoms with Gasteiger partial charge in [-0.1, -0.05) is 15.9 Å². The Morgan fingerprint density at radius 3 is 2.45 bits per heavy atom. The van der Waals surface area contributed by atoms with Crippen molar-refractivity contribution in [1.82, 2.24) is 4.90 Å². The van der Waals surface area contributed by atoms with Crippen molar-refractivity contribution >= 4 is 27.5 Å². The van der Waals surface area contributed by atoms with Crippen molar-refractivity contribution in [3.63, 3.8) is 0 Å². The lowest BCUT2D eigenvalue weighted by molar-refractivity contribution is -0.112. The van der Waals surface area contributed by atoms with Crippen LogP contribution in [0.5, 0.6) is 0 Å². The molecule has 0 aromatic heterocycles. The molecule has 0 spiro atoms. The van der Waals surface area contributed by atoms with Gasteiger partial charge in [-0.2, -0.15) is 5.26 Å². The zero-order chi connectivity index (χ0) is 16.1. The second kappa shape index (κ2) is 7.46. The Morgan fingerprint density at radius 2 is 1.91 bits per heavy atom. The molecule has 1 aromatic rings. The fourth-order valence-electron chi connectivity index (χ4n) is 2.71. The topological polar surface area (TPSA) is 56.1 Å². The molecule has 2 unspecified atom stereocenters. The molecule has 2 rings (SSSR count). The van der Waals surface area contributed by atoms with Gasteiger partial charge in [-0.3, -0.25) is 4.79 Å². The Hall–Kier alpha value is -1.80. The first-order valence-electron chi connectivity index (χ1n) is 7.47. The van der Waals surface area contributed by atoms with E-state index in [9.17, 15) is 10.1 Å². The number of nitrogens with zero attached hydrogens (tertiary/aromatic N) is 2. The van der Waals surface area contributed by atoms with Gasteiger partial charge in [-0.05, 0) is 57.4 Å².